The number of aromatic nitrogens is 1. The summed E-state index contributed by atoms with van der Waals surface area (Å²) >= 11 is 1.66. The van der Waals surface area contributed by atoms with Gasteiger partial charge in [-0.3, -0.25) is 0 Å². The molecule has 7 nitrogen and oxygen atoms in total. The van der Waals surface area contributed by atoms with Crippen molar-refractivity contribution in [1.82, 2.24) is 20.3 Å². The summed E-state index contributed by atoms with van der Waals surface area (Å²) in [7, 11) is -3.24. The zero-order valence-electron chi connectivity index (χ0n) is 15.5. The van der Waals surface area contributed by atoms with Gasteiger partial charge in [-0.1, -0.05) is 13.3 Å². The van der Waals surface area contributed by atoms with Crippen LogP contribution in [0.2, 0.25) is 0 Å². The van der Waals surface area contributed by atoms with E-state index in [2.05, 4.69) is 32.3 Å². The molecule has 1 aliphatic carbocycles. The first-order valence-corrected chi connectivity index (χ1v) is 11.4. The van der Waals surface area contributed by atoms with Gasteiger partial charge in [-0.2, -0.15) is 0 Å². The van der Waals surface area contributed by atoms with Crippen LogP contribution in [-0.2, 0) is 23.0 Å². The average Bonchev–Trinajstić information content (AvgIpc) is 2.99. The number of hydrogen-bond donors (Lipinski definition) is 3. The van der Waals surface area contributed by atoms with Crippen molar-refractivity contribution in [3.63, 3.8) is 0 Å². The van der Waals surface area contributed by atoms with E-state index in [0.717, 1.165) is 30.8 Å². The Balaban J connectivity index is 0.00000338. The molecule has 0 aromatic carbocycles. The molecule has 3 N–H and O–H groups in total. The minimum Gasteiger partial charge on any atom is -0.357 e. The summed E-state index contributed by atoms with van der Waals surface area (Å²) in [5.74, 6) is 1.18. The molecule has 1 aromatic rings. The van der Waals surface area contributed by atoms with E-state index in [-0.39, 0.29) is 29.7 Å². The van der Waals surface area contributed by atoms with Crippen LogP contribution < -0.4 is 15.4 Å². The van der Waals surface area contributed by atoms with Crippen LogP contribution in [0.25, 0.3) is 0 Å². The number of aliphatic imine (C=N–C) groups is 1. The van der Waals surface area contributed by atoms with E-state index < -0.39 is 10.0 Å². The number of nitrogens with zero attached hydrogens (tertiary/aromatic N) is 2. The Kier molecular flexibility index (Phi) is 11.0. The van der Waals surface area contributed by atoms with Crippen molar-refractivity contribution in [2.75, 3.05) is 25.4 Å². The molecule has 0 radical (unpaired) electrons. The zero-order chi connectivity index (χ0) is 18.1. The second kappa shape index (κ2) is 12.1. The second-order valence-electron chi connectivity index (χ2n) is 6.16. The summed E-state index contributed by atoms with van der Waals surface area (Å²) in [4.78, 5) is 10.1. The summed E-state index contributed by atoms with van der Waals surface area (Å²) in [6.07, 6.45) is 6.35. The minimum atomic E-state index is -3.24. The van der Waals surface area contributed by atoms with Crippen molar-refractivity contribution in [3.05, 3.63) is 16.1 Å². The molecule has 1 saturated carbocycles. The number of sulfonamides is 1. The number of thiazole rings is 1. The standard InChI is InChI=1S/C16H29N5O2S2.HI/c1-3-14-11-19-15(24-14)12-20-16(17-4-2)18-8-9-25(22,23)21-10-13-6-5-7-13;/h11,13,21H,3-10,12H2,1-2H3,(H2,17,18,20);1H. The van der Waals surface area contributed by atoms with Crippen LogP contribution in [0, 0.1) is 5.92 Å². The molecule has 1 heterocycles. The Morgan fingerprint density at radius 1 is 1.35 bits per heavy atom. The van der Waals surface area contributed by atoms with Gasteiger partial charge < -0.3 is 10.6 Å². The summed E-state index contributed by atoms with van der Waals surface area (Å²) in [6, 6.07) is 0. The highest BCUT2D eigenvalue weighted by Gasteiger charge is 2.20. The maximum atomic E-state index is 12.0. The van der Waals surface area contributed by atoms with E-state index in [1.165, 1.54) is 11.3 Å². The third-order valence-electron chi connectivity index (χ3n) is 4.15. The highest BCUT2D eigenvalue weighted by atomic mass is 127. The molecule has 0 spiro atoms. The second-order valence-corrected chi connectivity index (χ2v) is 9.29. The topological polar surface area (TPSA) is 95.5 Å². The molecule has 1 aromatic heterocycles. The van der Waals surface area contributed by atoms with Crippen molar-refractivity contribution in [3.8, 4) is 0 Å². The van der Waals surface area contributed by atoms with Crippen LogP contribution in [0.5, 0.6) is 0 Å². The largest absolute Gasteiger partial charge is 0.357 e. The first kappa shape index (κ1) is 23.6. The fourth-order valence-corrected chi connectivity index (χ4v) is 4.18. The van der Waals surface area contributed by atoms with Crippen LogP contribution in [0.1, 0.15) is 43.0 Å². The molecular weight excluding hydrogens is 485 g/mol. The van der Waals surface area contributed by atoms with Crippen molar-refractivity contribution in [1.29, 1.82) is 0 Å². The monoisotopic (exact) mass is 515 g/mol. The zero-order valence-corrected chi connectivity index (χ0v) is 19.4. The molecule has 10 heteroatoms. The summed E-state index contributed by atoms with van der Waals surface area (Å²) in [6.45, 7) is 6.19. The maximum Gasteiger partial charge on any atom is 0.213 e. The molecule has 0 saturated heterocycles. The third kappa shape index (κ3) is 8.49. The van der Waals surface area contributed by atoms with Gasteiger partial charge in [0.15, 0.2) is 5.96 Å². The van der Waals surface area contributed by atoms with Gasteiger partial charge >= 0.3 is 0 Å². The number of rotatable bonds is 10. The van der Waals surface area contributed by atoms with E-state index in [1.54, 1.807) is 11.3 Å². The lowest BCUT2D eigenvalue weighted by Gasteiger charge is -2.25. The number of halogens is 1. The predicted molar refractivity (Wildman–Crippen MR) is 119 cm³/mol. The molecule has 0 aliphatic heterocycles. The first-order valence-electron chi connectivity index (χ1n) is 8.95. The van der Waals surface area contributed by atoms with Gasteiger partial charge in [-0.15, -0.1) is 35.3 Å². The minimum absolute atomic E-state index is 0. The molecule has 1 aliphatic rings. The predicted octanol–water partition coefficient (Wildman–Crippen LogP) is 2.10. The van der Waals surface area contributed by atoms with Crippen LogP contribution in [0.3, 0.4) is 0 Å². The van der Waals surface area contributed by atoms with Crippen LogP contribution in [0.15, 0.2) is 11.2 Å². The van der Waals surface area contributed by atoms with Gasteiger partial charge in [0.25, 0.3) is 0 Å². The SMILES string of the molecule is CCNC(=NCc1ncc(CC)s1)NCCS(=O)(=O)NCC1CCC1.I. The van der Waals surface area contributed by atoms with E-state index >= 15 is 0 Å². The molecule has 1 fully saturated rings. The van der Waals surface area contributed by atoms with E-state index in [1.807, 2.05) is 13.1 Å². The number of nitrogens with one attached hydrogen (secondary N) is 3. The van der Waals surface area contributed by atoms with Gasteiger partial charge in [-0.25, -0.2) is 23.1 Å². The van der Waals surface area contributed by atoms with Gasteiger partial charge in [-0.05, 0) is 32.1 Å². The smallest absolute Gasteiger partial charge is 0.213 e. The van der Waals surface area contributed by atoms with E-state index in [9.17, 15) is 8.42 Å². The number of aryl methyl sites for hydroxylation is 1. The van der Waals surface area contributed by atoms with Crippen LogP contribution in [-0.4, -0.2) is 44.7 Å². The van der Waals surface area contributed by atoms with Gasteiger partial charge in [0.1, 0.15) is 5.01 Å². The molecule has 0 bridgehead atoms. The summed E-state index contributed by atoms with van der Waals surface area (Å²) in [5.41, 5.74) is 0. The first-order chi connectivity index (χ1) is 12.0. The molecule has 150 valence electrons. The Bertz CT molecular complexity index is 659. The Morgan fingerprint density at radius 2 is 2.12 bits per heavy atom. The summed E-state index contributed by atoms with van der Waals surface area (Å²) in [5, 5.41) is 7.17. The molecule has 0 amide bonds. The molecule has 2 rings (SSSR count). The maximum absolute atomic E-state index is 12.0. The van der Waals surface area contributed by atoms with Crippen molar-refractivity contribution < 1.29 is 8.42 Å². The lowest BCUT2D eigenvalue weighted by atomic mass is 9.86. The number of guanidine groups is 1. The summed E-state index contributed by atoms with van der Waals surface area (Å²) < 4.78 is 26.7. The molecule has 0 unspecified atom stereocenters. The van der Waals surface area contributed by atoms with Gasteiger partial charge in [0.2, 0.25) is 10.0 Å². The van der Waals surface area contributed by atoms with Crippen molar-refractivity contribution >= 4 is 51.3 Å². The van der Waals surface area contributed by atoms with Crippen molar-refractivity contribution in [2.45, 2.75) is 46.1 Å². The van der Waals surface area contributed by atoms with Gasteiger partial charge in [0, 0.05) is 30.7 Å². The Labute approximate surface area is 177 Å². The average molecular weight is 515 g/mol. The quantitative estimate of drug-likeness (QED) is 0.252. The Morgan fingerprint density at radius 3 is 2.69 bits per heavy atom. The lowest BCUT2D eigenvalue weighted by molar-refractivity contribution is 0.316. The Hall–Kier alpha value is -0.460. The molecular formula is C16H30IN5O2S2. The van der Waals surface area contributed by atoms with Gasteiger partial charge in [0.05, 0.1) is 12.3 Å². The highest BCUT2D eigenvalue weighted by Crippen LogP contribution is 2.25. The van der Waals surface area contributed by atoms with E-state index in [4.69, 9.17) is 0 Å². The molecule has 26 heavy (non-hydrogen) atoms. The van der Waals surface area contributed by atoms with Crippen molar-refractivity contribution in [2.24, 2.45) is 10.9 Å². The normalized spacial score (nSPS) is 15.2. The number of hydrogen-bond acceptors (Lipinski definition) is 5. The lowest BCUT2D eigenvalue weighted by Crippen LogP contribution is -2.42. The highest BCUT2D eigenvalue weighted by molar-refractivity contribution is 14.0. The van der Waals surface area contributed by atoms with Crippen LogP contribution >= 0.6 is 35.3 Å². The van der Waals surface area contributed by atoms with E-state index in [0.29, 0.717) is 31.5 Å². The fourth-order valence-electron chi connectivity index (χ4n) is 2.39. The third-order valence-corrected chi connectivity index (χ3v) is 6.62. The fraction of sp³-hybridized carbons (Fsp3) is 0.750. The van der Waals surface area contributed by atoms with Crippen LogP contribution in [0.4, 0.5) is 0 Å². The molecule has 0 atom stereocenters.